The number of hydrogen-bond donors (Lipinski definition) is 0. The summed E-state index contributed by atoms with van der Waals surface area (Å²) in [6, 6.07) is 14.6. The highest BCUT2D eigenvalue weighted by atomic mass is 16.2. The molecule has 5 rings (SSSR count). The summed E-state index contributed by atoms with van der Waals surface area (Å²) in [5.41, 5.74) is 7.01. The van der Waals surface area contributed by atoms with Crippen molar-refractivity contribution < 1.29 is 9.59 Å². The van der Waals surface area contributed by atoms with Crippen molar-refractivity contribution in [1.29, 1.82) is 0 Å². The Labute approximate surface area is 190 Å². The van der Waals surface area contributed by atoms with Crippen LogP contribution < -0.4 is 0 Å². The molecule has 0 unspecified atom stereocenters. The van der Waals surface area contributed by atoms with Gasteiger partial charge in [0.1, 0.15) is 5.70 Å². The van der Waals surface area contributed by atoms with Crippen LogP contribution in [0.25, 0.3) is 5.57 Å². The van der Waals surface area contributed by atoms with Crippen LogP contribution >= 0.6 is 0 Å². The third kappa shape index (κ3) is 3.66. The number of nitrogens with zero attached hydrogens (tertiary/aromatic N) is 2. The maximum Gasteiger partial charge on any atom is 0.278 e. The van der Waals surface area contributed by atoms with Gasteiger partial charge >= 0.3 is 0 Å². The fourth-order valence-corrected chi connectivity index (χ4v) is 5.52. The third-order valence-corrected chi connectivity index (χ3v) is 7.52. The molecule has 1 fully saturated rings. The van der Waals surface area contributed by atoms with Gasteiger partial charge in [-0.3, -0.25) is 14.5 Å². The van der Waals surface area contributed by atoms with Crippen molar-refractivity contribution in [3.63, 3.8) is 0 Å². The lowest BCUT2D eigenvalue weighted by atomic mass is 9.96. The molecular formula is C28H32N2O2. The highest BCUT2D eigenvalue weighted by Gasteiger charge is 2.45. The molecule has 2 heterocycles. The molecule has 4 heteroatoms. The molecule has 2 aromatic carbocycles. The van der Waals surface area contributed by atoms with Crippen LogP contribution in [0.1, 0.15) is 66.3 Å². The Bertz CT molecular complexity index is 1090. The SMILES string of the molecule is Cc1ccc(C2=C(N3CCc4ccccc4C3)C(=O)N(C3CCCCCC3)C2=O)cc1C. The Balaban J connectivity index is 1.58. The van der Waals surface area contributed by atoms with E-state index < -0.39 is 0 Å². The number of imide groups is 1. The number of carbonyl (C=O) groups is 2. The summed E-state index contributed by atoms with van der Waals surface area (Å²) >= 11 is 0. The van der Waals surface area contributed by atoms with Gasteiger partial charge in [-0.1, -0.05) is 68.1 Å². The Morgan fingerprint density at radius 2 is 1.53 bits per heavy atom. The minimum atomic E-state index is -0.0981. The van der Waals surface area contributed by atoms with E-state index in [0.717, 1.165) is 49.8 Å². The van der Waals surface area contributed by atoms with E-state index in [9.17, 15) is 9.59 Å². The summed E-state index contributed by atoms with van der Waals surface area (Å²) in [5.74, 6) is -0.187. The maximum absolute atomic E-state index is 13.9. The van der Waals surface area contributed by atoms with E-state index in [1.807, 2.05) is 6.07 Å². The summed E-state index contributed by atoms with van der Waals surface area (Å²) in [7, 11) is 0. The lowest BCUT2D eigenvalue weighted by Crippen LogP contribution is -2.43. The lowest BCUT2D eigenvalue weighted by Gasteiger charge is -2.32. The number of aryl methyl sites for hydroxylation is 2. The van der Waals surface area contributed by atoms with Gasteiger partial charge in [0, 0.05) is 19.1 Å². The molecule has 0 spiro atoms. The summed E-state index contributed by atoms with van der Waals surface area (Å²) in [5, 5.41) is 0. The Kier molecular flexibility index (Phi) is 5.62. The molecule has 1 saturated carbocycles. The minimum absolute atomic E-state index is 0.0219. The number of carbonyl (C=O) groups excluding carboxylic acids is 2. The largest absolute Gasteiger partial charge is 0.362 e. The van der Waals surface area contributed by atoms with Crippen LogP contribution in [-0.4, -0.2) is 34.2 Å². The second-order valence-electron chi connectivity index (χ2n) is 9.59. The Hall–Kier alpha value is -2.88. The van der Waals surface area contributed by atoms with E-state index in [1.165, 1.54) is 29.5 Å². The van der Waals surface area contributed by atoms with Crippen LogP contribution in [0.5, 0.6) is 0 Å². The van der Waals surface area contributed by atoms with Gasteiger partial charge in [0.15, 0.2) is 0 Å². The highest BCUT2D eigenvalue weighted by molar-refractivity contribution is 6.35. The molecule has 0 atom stereocenters. The van der Waals surface area contributed by atoms with Gasteiger partial charge in [-0.2, -0.15) is 0 Å². The topological polar surface area (TPSA) is 40.6 Å². The van der Waals surface area contributed by atoms with Gasteiger partial charge in [-0.05, 0) is 60.9 Å². The molecule has 1 aliphatic carbocycles. The molecule has 0 aromatic heterocycles. The molecular weight excluding hydrogens is 396 g/mol. The number of hydrogen-bond acceptors (Lipinski definition) is 3. The molecule has 2 aliphatic heterocycles. The van der Waals surface area contributed by atoms with Crippen molar-refractivity contribution in [3.8, 4) is 0 Å². The van der Waals surface area contributed by atoms with E-state index in [-0.39, 0.29) is 17.9 Å². The summed E-state index contributed by atoms with van der Waals surface area (Å²) in [6.07, 6.45) is 7.31. The van der Waals surface area contributed by atoms with E-state index in [2.05, 4.69) is 55.1 Å². The molecule has 2 aromatic rings. The number of amides is 2. The van der Waals surface area contributed by atoms with Gasteiger partial charge in [-0.25, -0.2) is 0 Å². The predicted molar refractivity (Wildman–Crippen MR) is 127 cm³/mol. The Morgan fingerprint density at radius 3 is 2.25 bits per heavy atom. The van der Waals surface area contributed by atoms with Crippen LogP contribution in [0.4, 0.5) is 0 Å². The van der Waals surface area contributed by atoms with Crippen LogP contribution in [0, 0.1) is 13.8 Å². The smallest absolute Gasteiger partial charge is 0.278 e. The van der Waals surface area contributed by atoms with Gasteiger partial charge in [0.2, 0.25) is 0 Å². The van der Waals surface area contributed by atoms with Crippen LogP contribution in [-0.2, 0) is 22.6 Å². The first-order valence-electron chi connectivity index (χ1n) is 12.1. The van der Waals surface area contributed by atoms with E-state index >= 15 is 0 Å². The molecule has 166 valence electrons. The fourth-order valence-electron chi connectivity index (χ4n) is 5.52. The van der Waals surface area contributed by atoms with Gasteiger partial charge < -0.3 is 4.90 Å². The van der Waals surface area contributed by atoms with Gasteiger partial charge in [0.05, 0.1) is 5.57 Å². The molecule has 0 radical (unpaired) electrons. The second kappa shape index (κ2) is 8.57. The standard InChI is InChI=1S/C28H32N2O2/c1-19-13-14-22(17-20(19)2)25-26(29-16-15-21-9-7-8-10-23(21)18-29)28(32)30(27(25)31)24-11-5-3-4-6-12-24/h7-10,13-14,17,24H,3-6,11-12,15-16,18H2,1-2H3. The summed E-state index contributed by atoms with van der Waals surface area (Å²) in [6.45, 7) is 5.59. The van der Waals surface area contributed by atoms with E-state index in [4.69, 9.17) is 0 Å². The van der Waals surface area contributed by atoms with Crippen molar-refractivity contribution in [3.05, 3.63) is 76.0 Å². The number of fused-ring (bicyclic) bond motifs is 1. The van der Waals surface area contributed by atoms with Crippen molar-refractivity contribution in [2.24, 2.45) is 0 Å². The highest BCUT2D eigenvalue weighted by Crippen LogP contribution is 2.38. The van der Waals surface area contributed by atoms with Crippen LogP contribution in [0.2, 0.25) is 0 Å². The first-order valence-corrected chi connectivity index (χ1v) is 12.1. The zero-order valence-corrected chi connectivity index (χ0v) is 19.2. The molecule has 3 aliphatic rings. The molecule has 0 saturated heterocycles. The minimum Gasteiger partial charge on any atom is -0.362 e. The molecule has 2 amide bonds. The zero-order chi connectivity index (χ0) is 22.2. The molecule has 0 N–H and O–H groups in total. The van der Waals surface area contributed by atoms with Crippen LogP contribution in [0.3, 0.4) is 0 Å². The Morgan fingerprint density at radius 1 is 0.812 bits per heavy atom. The number of rotatable bonds is 3. The average Bonchev–Trinajstić information content (AvgIpc) is 2.95. The molecule has 4 nitrogen and oxygen atoms in total. The van der Waals surface area contributed by atoms with Gasteiger partial charge in [-0.15, -0.1) is 0 Å². The van der Waals surface area contributed by atoms with Crippen molar-refractivity contribution in [2.45, 2.75) is 71.4 Å². The third-order valence-electron chi connectivity index (χ3n) is 7.52. The first kappa shape index (κ1) is 21.0. The quantitative estimate of drug-likeness (QED) is 0.501. The first-order chi connectivity index (χ1) is 15.5. The van der Waals surface area contributed by atoms with Gasteiger partial charge in [0.25, 0.3) is 11.8 Å². The summed E-state index contributed by atoms with van der Waals surface area (Å²) in [4.78, 5) is 31.5. The van der Waals surface area contributed by atoms with Crippen molar-refractivity contribution in [2.75, 3.05) is 6.54 Å². The monoisotopic (exact) mass is 428 g/mol. The van der Waals surface area contributed by atoms with E-state index in [1.54, 1.807) is 4.90 Å². The molecule has 32 heavy (non-hydrogen) atoms. The lowest BCUT2D eigenvalue weighted by molar-refractivity contribution is -0.140. The van der Waals surface area contributed by atoms with Crippen molar-refractivity contribution in [1.82, 2.24) is 9.80 Å². The second-order valence-corrected chi connectivity index (χ2v) is 9.59. The average molecular weight is 429 g/mol. The maximum atomic E-state index is 13.9. The summed E-state index contributed by atoms with van der Waals surface area (Å²) < 4.78 is 0. The van der Waals surface area contributed by atoms with Crippen molar-refractivity contribution >= 4 is 17.4 Å². The predicted octanol–water partition coefficient (Wildman–Crippen LogP) is 5.16. The van der Waals surface area contributed by atoms with Crippen LogP contribution in [0.15, 0.2) is 48.2 Å². The fraction of sp³-hybridized carbons (Fsp3) is 0.429. The normalized spacial score (nSPS) is 20.1. The zero-order valence-electron chi connectivity index (χ0n) is 19.2. The van der Waals surface area contributed by atoms with E-state index in [0.29, 0.717) is 17.8 Å². The molecule has 0 bridgehead atoms. The number of benzene rings is 2.